The van der Waals surface area contributed by atoms with Crippen molar-refractivity contribution < 1.29 is 14.6 Å². The first-order valence-corrected chi connectivity index (χ1v) is 6.28. The van der Waals surface area contributed by atoms with Gasteiger partial charge in [0.05, 0.1) is 11.6 Å². The summed E-state index contributed by atoms with van der Waals surface area (Å²) in [5.74, 6) is 0.604. The van der Waals surface area contributed by atoms with Crippen molar-refractivity contribution in [3.63, 3.8) is 0 Å². The van der Waals surface area contributed by atoms with Crippen molar-refractivity contribution in [1.29, 1.82) is 0 Å². The molecule has 1 aromatic carbocycles. The Bertz CT molecular complexity index is 360. The Morgan fingerprint density at radius 3 is 2.94 bits per heavy atom. The van der Waals surface area contributed by atoms with Crippen LogP contribution in [0.2, 0.25) is 5.02 Å². The zero-order valence-electron chi connectivity index (χ0n) is 10.8. The maximum absolute atomic E-state index is 9.70. The Morgan fingerprint density at radius 2 is 2.22 bits per heavy atom. The van der Waals surface area contributed by atoms with Crippen LogP contribution in [0.15, 0.2) is 18.2 Å². The van der Waals surface area contributed by atoms with E-state index in [1.54, 1.807) is 13.2 Å². The van der Waals surface area contributed by atoms with Crippen LogP contribution in [0.25, 0.3) is 0 Å². The van der Waals surface area contributed by atoms with Crippen LogP contribution >= 0.6 is 11.6 Å². The highest BCUT2D eigenvalue weighted by molar-refractivity contribution is 6.32. The molecule has 1 aromatic rings. The Kier molecular flexibility index (Phi) is 7.05. The molecular formula is C13H20ClNO3. The molecule has 0 bridgehead atoms. The molecule has 4 nitrogen and oxygen atoms in total. The summed E-state index contributed by atoms with van der Waals surface area (Å²) < 4.78 is 10.4. The van der Waals surface area contributed by atoms with Crippen molar-refractivity contribution in [2.75, 3.05) is 33.4 Å². The van der Waals surface area contributed by atoms with Crippen LogP contribution in [-0.2, 0) is 4.74 Å². The second-order valence-electron chi connectivity index (χ2n) is 4.10. The molecule has 18 heavy (non-hydrogen) atoms. The lowest BCUT2D eigenvalue weighted by atomic mass is 10.2. The molecule has 0 aromatic heterocycles. The van der Waals surface area contributed by atoms with Gasteiger partial charge in [0.1, 0.15) is 18.5 Å². The van der Waals surface area contributed by atoms with Crippen molar-refractivity contribution in [2.45, 2.75) is 13.0 Å². The Morgan fingerprint density at radius 1 is 1.44 bits per heavy atom. The summed E-state index contributed by atoms with van der Waals surface area (Å²) in [6.07, 6.45) is -0.571. The average Bonchev–Trinajstić information content (AvgIpc) is 2.36. The highest BCUT2D eigenvalue weighted by Gasteiger charge is 2.07. The number of rotatable bonds is 8. The van der Waals surface area contributed by atoms with Crippen molar-refractivity contribution in [2.24, 2.45) is 0 Å². The van der Waals surface area contributed by atoms with Gasteiger partial charge >= 0.3 is 0 Å². The van der Waals surface area contributed by atoms with E-state index >= 15 is 0 Å². The molecule has 0 fully saturated rings. The summed E-state index contributed by atoms with van der Waals surface area (Å²) in [6, 6.07) is 5.56. The van der Waals surface area contributed by atoms with Crippen LogP contribution in [-0.4, -0.2) is 44.6 Å². The van der Waals surface area contributed by atoms with Gasteiger partial charge in [-0.25, -0.2) is 0 Å². The number of hydrogen-bond donors (Lipinski definition) is 2. The lowest BCUT2D eigenvalue weighted by Gasteiger charge is -2.14. The van der Waals surface area contributed by atoms with Crippen molar-refractivity contribution in [1.82, 2.24) is 5.32 Å². The summed E-state index contributed by atoms with van der Waals surface area (Å²) in [5, 5.41) is 13.3. The molecule has 0 spiro atoms. The molecule has 2 N–H and O–H groups in total. The van der Waals surface area contributed by atoms with E-state index in [2.05, 4.69) is 5.32 Å². The quantitative estimate of drug-likeness (QED) is 0.707. The molecule has 0 radical (unpaired) electrons. The van der Waals surface area contributed by atoms with Gasteiger partial charge in [-0.05, 0) is 24.6 Å². The van der Waals surface area contributed by atoms with Crippen LogP contribution in [0.3, 0.4) is 0 Å². The molecule has 5 heteroatoms. The number of ether oxygens (including phenoxy) is 2. The average molecular weight is 274 g/mol. The Hall–Kier alpha value is -0.810. The molecular weight excluding hydrogens is 254 g/mol. The fraction of sp³-hybridized carbons (Fsp3) is 0.538. The molecule has 0 aliphatic heterocycles. The summed E-state index contributed by atoms with van der Waals surface area (Å²) in [7, 11) is 1.64. The van der Waals surface area contributed by atoms with E-state index in [1.165, 1.54) is 0 Å². The molecule has 1 rings (SSSR count). The number of nitrogens with one attached hydrogen (secondary N) is 1. The van der Waals surface area contributed by atoms with Gasteiger partial charge in [-0.1, -0.05) is 17.7 Å². The molecule has 0 aliphatic carbocycles. The molecule has 0 aliphatic rings. The fourth-order valence-corrected chi connectivity index (χ4v) is 1.58. The van der Waals surface area contributed by atoms with Gasteiger partial charge in [0.25, 0.3) is 0 Å². The van der Waals surface area contributed by atoms with Crippen molar-refractivity contribution in [3.05, 3.63) is 28.8 Å². The minimum absolute atomic E-state index is 0.211. The third kappa shape index (κ3) is 5.69. The number of hydrogen-bond acceptors (Lipinski definition) is 4. The highest BCUT2D eigenvalue weighted by atomic mass is 35.5. The largest absolute Gasteiger partial charge is 0.489 e. The molecule has 0 heterocycles. The van der Waals surface area contributed by atoms with E-state index in [1.807, 2.05) is 19.1 Å². The topological polar surface area (TPSA) is 50.7 Å². The first-order valence-electron chi connectivity index (χ1n) is 5.90. The molecule has 1 unspecified atom stereocenters. The third-order valence-electron chi connectivity index (χ3n) is 2.38. The summed E-state index contributed by atoms with van der Waals surface area (Å²) in [4.78, 5) is 0. The SMILES string of the molecule is COCCNCC(O)COc1cc(C)ccc1Cl. The smallest absolute Gasteiger partial charge is 0.138 e. The normalized spacial score (nSPS) is 12.4. The number of benzene rings is 1. The number of halogens is 1. The minimum Gasteiger partial charge on any atom is -0.489 e. The fourth-order valence-electron chi connectivity index (χ4n) is 1.41. The van der Waals surface area contributed by atoms with Gasteiger partial charge in [0, 0.05) is 20.2 Å². The third-order valence-corrected chi connectivity index (χ3v) is 2.69. The van der Waals surface area contributed by atoms with Crippen LogP contribution in [0.4, 0.5) is 0 Å². The van der Waals surface area contributed by atoms with E-state index in [4.69, 9.17) is 21.1 Å². The minimum atomic E-state index is -0.571. The van der Waals surface area contributed by atoms with Gasteiger partial charge in [0.15, 0.2) is 0 Å². The van der Waals surface area contributed by atoms with Crippen LogP contribution in [0.5, 0.6) is 5.75 Å². The molecule has 1 atom stereocenters. The summed E-state index contributed by atoms with van der Waals surface area (Å²) >= 11 is 5.99. The highest BCUT2D eigenvalue weighted by Crippen LogP contribution is 2.25. The van der Waals surface area contributed by atoms with Gasteiger partial charge in [-0.2, -0.15) is 0 Å². The monoisotopic (exact) mass is 273 g/mol. The molecule has 0 saturated carbocycles. The second-order valence-corrected chi connectivity index (χ2v) is 4.50. The van der Waals surface area contributed by atoms with Crippen molar-refractivity contribution in [3.8, 4) is 5.75 Å². The Labute approximate surface area is 113 Å². The van der Waals surface area contributed by atoms with Crippen LogP contribution in [0, 0.1) is 6.92 Å². The zero-order valence-corrected chi connectivity index (χ0v) is 11.5. The Balaban J connectivity index is 2.29. The molecule has 102 valence electrons. The summed E-state index contributed by atoms with van der Waals surface area (Å²) in [6.45, 7) is 3.97. The van der Waals surface area contributed by atoms with E-state index in [0.717, 1.165) is 5.56 Å². The van der Waals surface area contributed by atoms with Gasteiger partial charge < -0.3 is 19.9 Å². The number of aliphatic hydroxyl groups excluding tert-OH is 1. The molecule has 0 amide bonds. The maximum atomic E-state index is 9.70. The van der Waals surface area contributed by atoms with Gasteiger partial charge in [-0.3, -0.25) is 0 Å². The van der Waals surface area contributed by atoms with E-state index in [0.29, 0.717) is 30.5 Å². The second kappa shape index (κ2) is 8.32. The molecule has 0 saturated heterocycles. The van der Waals surface area contributed by atoms with E-state index in [-0.39, 0.29) is 6.61 Å². The predicted octanol–water partition coefficient (Wildman–Crippen LogP) is 1.62. The first kappa shape index (κ1) is 15.2. The predicted molar refractivity (Wildman–Crippen MR) is 72.4 cm³/mol. The van der Waals surface area contributed by atoms with E-state index in [9.17, 15) is 5.11 Å². The van der Waals surface area contributed by atoms with Crippen molar-refractivity contribution >= 4 is 11.6 Å². The number of aliphatic hydroxyl groups is 1. The van der Waals surface area contributed by atoms with Crippen LogP contribution < -0.4 is 10.1 Å². The van der Waals surface area contributed by atoms with E-state index < -0.39 is 6.10 Å². The lowest BCUT2D eigenvalue weighted by Crippen LogP contribution is -2.33. The lowest BCUT2D eigenvalue weighted by molar-refractivity contribution is 0.103. The van der Waals surface area contributed by atoms with Crippen LogP contribution in [0.1, 0.15) is 5.56 Å². The number of aryl methyl sites for hydroxylation is 1. The van der Waals surface area contributed by atoms with Gasteiger partial charge in [-0.15, -0.1) is 0 Å². The number of methoxy groups -OCH3 is 1. The zero-order chi connectivity index (χ0) is 13.4. The standard InChI is InChI=1S/C13H20ClNO3/c1-10-3-4-12(14)13(7-10)18-9-11(16)8-15-5-6-17-2/h3-4,7,11,15-16H,5-6,8-9H2,1-2H3. The first-order chi connectivity index (χ1) is 8.63. The summed E-state index contributed by atoms with van der Waals surface area (Å²) in [5.41, 5.74) is 1.07. The van der Waals surface area contributed by atoms with Gasteiger partial charge in [0.2, 0.25) is 0 Å². The maximum Gasteiger partial charge on any atom is 0.138 e.